The van der Waals surface area contributed by atoms with E-state index in [0.29, 0.717) is 35.6 Å². The third kappa shape index (κ3) is 6.18. The predicted molar refractivity (Wildman–Crippen MR) is 147 cm³/mol. The first kappa shape index (κ1) is 27.6. The molecule has 1 saturated heterocycles. The van der Waals surface area contributed by atoms with Crippen molar-refractivity contribution in [2.24, 2.45) is 0 Å². The third-order valence-corrected chi connectivity index (χ3v) is 6.59. The SMILES string of the molecule is COC(=O)c1ccc([C@H]2/C(=C(\O)c3ccc(OCc4cccc(C)c4)cc3)C(=O)C(=O)N2CCN(C)C)cc1. The molecule has 3 aromatic rings. The Bertz CT molecular complexity index is 1390. The van der Waals surface area contributed by atoms with Gasteiger partial charge in [-0.15, -0.1) is 0 Å². The van der Waals surface area contributed by atoms with Crippen molar-refractivity contribution in [3.63, 3.8) is 0 Å². The molecule has 1 aliphatic rings. The van der Waals surface area contributed by atoms with Crippen molar-refractivity contribution in [3.8, 4) is 5.75 Å². The van der Waals surface area contributed by atoms with Gasteiger partial charge in [0.1, 0.15) is 18.1 Å². The zero-order valence-electron chi connectivity index (χ0n) is 22.5. The van der Waals surface area contributed by atoms with Crippen LogP contribution >= 0.6 is 0 Å². The molecule has 8 heteroatoms. The molecule has 0 aromatic heterocycles. The second-order valence-electron chi connectivity index (χ2n) is 9.71. The Balaban J connectivity index is 1.66. The van der Waals surface area contributed by atoms with Crippen LogP contribution in [-0.4, -0.2) is 66.9 Å². The topological polar surface area (TPSA) is 96.4 Å². The Morgan fingerprint density at radius 3 is 2.26 bits per heavy atom. The van der Waals surface area contributed by atoms with Crippen LogP contribution in [0.3, 0.4) is 0 Å². The van der Waals surface area contributed by atoms with Crippen molar-refractivity contribution < 1.29 is 29.0 Å². The van der Waals surface area contributed by atoms with Gasteiger partial charge in [-0.2, -0.15) is 0 Å². The normalized spacial score (nSPS) is 16.5. The predicted octanol–water partition coefficient (Wildman–Crippen LogP) is 4.34. The van der Waals surface area contributed by atoms with Gasteiger partial charge in [0.15, 0.2) is 0 Å². The number of ketones is 1. The molecule has 1 amide bonds. The molecule has 1 aliphatic heterocycles. The molecule has 1 atom stereocenters. The number of aryl methyl sites for hydroxylation is 1. The molecule has 0 radical (unpaired) electrons. The molecule has 1 heterocycles. The van der Waals surface area contributed by atoms with E-state index in [1.54, 1.807) is 48.5 Å². The van der Waals surface area contributed by atoms with Gasteiger partial charge in [0.05, 0.1) is 24.3 Å². The Morgan fingerprint density at radius 2 is 1.64 bits per heavy atom. The summed E-state index contributed by atoms with van der Waals surface area (Å²) in [5, 5.41) is 11.3. The highest BCUT2D eigenvalue weighted by molar-refractivity contribution is 6.46. The molecule has 1 fully saturated rings. The molecule has 1 N–H and O–H groups in total. The van der Waals surface area contributed by atoms with Crippen LogP contribution in [0.1, 0.15) is 38.7 Å². The van der Waals surface area contributed by atoms with Crippen molar-refractivity contribution in [1.82, 2.24) is 9.80 Å². The maximum atomic E-state index is 13.2. The molecule has 0 spiro atoms. The van der Waals surface area contributed by atoms with Crippen LogP contribution in [-0.2, 0) is 20.9 Å². The number of aliphatic hydroxyl groups excluding tert-OH is 1. The minimum absolute atomic E-state index is 0.00185. The summed E-state index contributed by atoms with van der Waals surface area (Å²) in [5.74, 6) is -1.60. The van der Waals surface area contributed by atoms with Crippen molar-refractivity contribution in [3.05, 3.63) is 106 Å². The molecular weight excluding hydrogens is 496 g/mol. The highest BCUT2D eigenvalue weighted by Crippen LogP contribution is 2.39. The number of likely N-dealkylation sites (tertiary alicyclic amines) is 1. The molecular formula is C31H32N2O6. The van der Waals surface area contributed by atoms with E-state index in [0.717, 1.165) is 11.1 Å². The van der Waals surface area contributed by atoms with Crippen molar-refractivity contribution in [1.29, 1.82) is 0 Å². The number of methoxy groups -OCH3 is 1. The van der Waals surface area contributed by atoms with Crippen LogP contribution < -0.4 is 4.74 Å². The highest BCUT2D eigenvalue weighted by Gasteiger charge is 2.45. The first-order chi connectivity index (χ1) is 18.7. The average Bonchev–Trinajstić information content (AvgIpc) is 3.19. The molecule has 39 heavy (non-hydrogen) atoms. The fourth-order valence-electron chi connectivity index (χ4n) is 4.52. The van der Waals surface area contributed by atoms with Crippen molar-refractivity contribution in [2.75, 3.05) is 34.3 Å². The summed E-state index contributed by atoms with van der Waals surface area (Å²) >= 11 is 0. The zero-order chi connectivity index (χ0) is 28.1. The number of hydrogen-bond acceptors (Lipinski definition) is 7. The number of esters is 1. The van der Waals surface area contributed by atoms with Crippen LogP contribution in [0.4, 0.5) is 0 Å². The summed E-state index contributed by atoms with van der Waals surface area (Å²) < 4.78 is 10.7. The fourth-order valence-corrected chi connectivity index (χ4v) is 4.52. The number of likely N-dealkylation sites (N-methyl/N-ethyl adjacent to an activating group) is 1. The first-order valence-electron chi connectivity index (χ1n) is 12.6. The number of carbonyl (C=O) groups excluding carboxylic acids is 3. The largest absolute Gasteiger partial charge is 0.507 e. The molecule has 3 aromatic carbocycles. The monoisotopic (exact) mass is 528 g/mol. The summed E-state index contributed by atoms with van der Waals surface area (Å²) in [5.41, 5.74) is 3.51. The standard InChI is InChI=1S/C31H32N2O6/c1-20-6-5-7-21(18-20)19-39-25-14-12-23(13-15-25)28(34)26-27(22-8-10-24(11-9-22)31(37)38-4)33(17-16-32(2)3)30(36)29(26)35/h5-15,18,27,34H,16-17,19H2,1-4H3/b28-26+/t27-/m0/s1. The number of ether oxygens (including phenoxy) is 2. The van der Waals surface area contributed by atoms with Crippen LogP contribution in [0.5, 0.6) is 5.75 Å². The molecule has 4 rings (SSSR count). The quantitative estimate of drug-likeness (QED) is 0.191. The number of rotatable bonds is 9. The number of Topliss-reactive ketones (excluding diaryl/α,β-unsaturated/α-hetero) is 1. The number of benzene rings is 3. The molecule has 0 aliphatic carbocycles. The van der Waals surface area contributed by atoms with E-state index < -0.39 is 23.7 Å². The van der Waals surface area contributed by atoms with E-state index in [-0.39, 0.29) is 17.9 Å². The summed E-state index contributed by atoms with van der Waals surface area (Å²) in [7, 11) is 5.05. The van der Waals surface area contributed by atoms with Crippen LogP contribution in [0.25, 0.3) is 5.76 Å². The van der Waals surface area contributed by atoms with E-state index in [9.17, 15) is 19.5 Å². The van der Waals surface area contributed by atoms with Gasteiger partial charge in [0, 0.05) is 18.7 Å². The smallest absolute Gasteiger partial charge is 0.337 e. The lowest BCUT2D eigenvalue weighted by molar-refractivity contribution is -0.140. The highest BCUT2D eigenvalue weighted by atomic mass is 16.5. The average molecular weight is 529 g/mol. The van der Waals surface area contributed by atoms with E-state index in [1.807, 2.05) is 50.2 Å². The van der Waals surface area contributed by atoms with Gasteiger partial charge >= 0.3 is 5.97 Å². The fraction of sp³-hybridized carbons (Fsp3) is 0.258. The van der Waals surface area contributed by atoms with E-state index in [2.05, 4.69) is 0 Å². The zero-order valence-corrected chi connectivity index (χ0v) is 22.5. The maximum absolute atomic E-state index is 13.2. The number of hydrogen-bond donors (Lipinski definition) is 1. The van der Waals surface area contributed by atoms with Gasteiger partial charge in [0.2, 0.25) is 0 Å². The van der Waals surface area contributed by atoms with Crippen LogP contribution in [0.2, 0.25) is 0 Å². The number of aliphatic hydroxyl groups is 1. The van der Waals surface area contributed by atoms with Gasteiger partial charge in [-0.25, -0.2) is 4.79 Å². The summed E-state index contributed by atoms with van der Waals surface area (Å²) in [6.45, 7) is 3.22. The lowest BCUT2D eigenvalue weighted by Crippen LogP contribution is -2.35. The van der Waals surface area contributed by atoms with E-state index in [4.69, 9.17) is 9.47 Å². The lowest BCUT2D eigenvalue weighted by atomic mass is 9.94. The molecule has 202 valence electrons. The summed E-state index contributed by atoms with van der Waals surface area (Å²) in [4.78, 5) is 41.6. The van der Waals surface area contributed by atoms with Gasteiger partial charge in [-0.05, 0) is 68.5 Å². The summed E-state index contributed by atoms with van der Waals surface area (Å²) in [6.07, 6.45) is 0. The van der Waals surface area contributed by atoms with Crippen LogP contribution in [0.15, 0.2) is 78.4 Å². The molecule has 8 nitrogen and oxygen atoms in total. The Hall–Kier alpha value is -4.43. The minimum atomic E-state index is -0.811. The van der Waals surface area contributed by atoms with E-state index >= 15 is 0 Å². The third-order valence-electron chi connectivity index (χ3n) is 6.59. The number of carbonyl (C=O) groups is 3. The Kier molecular flexibility index (Phi) is 8.46. The van der Waals surface area contributed by atoms with Gasteiger partial charge < -0.3 is 24.4 Å². The van der Waals surface area contributed by atoms with Crippen molar-refractivity contribution in [2.45, 2.75) is 19.6 Å². The minimum Gasteiger partial charge on any atom is -0.507 e. The van der Waals surface area contributed by atoms with Crippen LogP contribution in [0, 0.1) is 6.92 Å². The second kappa shape index (κ2) is 12.0. The Morgan fingerprint density at radius 1 is 0.974 bits per heavy atom. The molecule has 0 saturated carbocycles. The molecule has 0 bridgehead atoms. The number of amides is 1. The van der Waals surface area contributed by atoms with Crippen molar-refractivity contribution >= 4 is 23.4 Å². The Labute approximate surface area is 228 Å². The van der Waals surface area contributed by atoms with Gasteiger partial charge in [-0.1, -0.05) is 42.0 Å². The second-order valence-corrected chi connectivity index (χ2v) is 9.71. The van der Waals surface area contributed by atoms with Gasteiger partial charge in [-0.3, -0.25) is 9.59 Å². The molecule has 0 unspecified atom stereocenters. The summed E-state index contributed by atoms with van der Waals surface area (Å²) in [6, 6.07) is 20.5. The number of nitrogens with zero attached hydrogens (tertiary/aromatic N) is 2. The van der Waals surface area contributed by atoms with E-state index in [1.165, 1.54) is 12.0 Å². The first-order valence-corrected chi connectivity index (χ1v) is 12.6. The maximum Gasteiger partial charge on any atom is 0.337 e. The lowest BCUT2D eigenvalue weighted by Gasteiger charge is -2.26. The van der Waals surface area contributed by atoms with Gasteiger partial charge in [0.25, 0.3) is 11.7 Å².